The molecule has 2 aromatic rings. The van der Waals surface area contributed by atoms with Crippen molar-refractivity contribution in [2.45, 2.75) is 39.2 Å². The van der Waals surface area contributed by atoms with Gasteiger partial charge in [-0.25, -0.2) is 4.98 Å². The van der Waals surface area contributed by atoms with Gasteiger partial charge in [0.05, 0.1) is 29.3 Å². The number of aromatic nitrogens is 1. The number of benzene rings is 1. The maximum Gasteiger partial charge on any atom is 0.239 e. The minimum atomic E-state index is -0.103. The van der Waals surface area contributed by atoms with E-state index in [-0.39, 0.29) is 24.4 Å². The largest absolute Gasteiger partial charge is 0.355 e. The van der Waals surface area contributed by atoms with Crippen LogP contribution < -0.4 is 5.32 Å². The van der Waals surface area contributed by atoms with E-state index in [0.717, 1.165) is 36.3 Å². The van der Waals surface area contributed by atoms with Crippen LogP contribution in [-0.4, -0.2) is 59.3 Å². The number of rotatable bonds is 7. The van der Waals surface area contributed by atoms with E-state index in [2.05, 4.69) is 16.3 Å². The number of piperidine rings is 1. The van der Waals surface area contributed by atoms with Crippen LogP contribution in [0.5, 0.6) is 0 Å². The summed E-state index contributed by atoms with van der Waals surface area (Å²) in [5.41, 5.74) is 1.03. The van der Waals surface area contributed by atoms with Crippen molar-refractivity contribution in [3.63, 3.8) is 0 Å². The molecular formula is C20H28N4O2S. The maximum absolute atomic E-state index is 12.8. The van der Waals surface area contributed by atoms with Gasteiger partial charge >= 0.3 is 0 Å². The molecule has 2 heterocycles. The third-order valence-corrected chi connectivity index (χ3v) is 6.13. The number of hydrogen-bond acceptors (Lipinski definition) is 5. The Morgan fingerprint density at radius 3 is 2.85 bits per heavy atom. The van der Waals surface area contributed by atoms with E-state index in [9.17, 15) is 9.59 Å². The van der Waals surface area contributed by atoms with Gasteiger partial charge in [-0.1, -0.05) is 18.6 Å². The predicted octanol–water partition coefficient (Wildman–Crippen LogP) is 2.81. The van der Waals surface area contributed by atoms with E-state index < -0.39 is 0 Å². The van der Waals surface area contributed by atoms with E-state index >= 15 is 0 Å². The molecule has 0 aliphatic carbocycles. The standard InChI is InChI=1S/C20H28N4O2S/c1-3-21-18(25)13-23(4-2)19(26)14-24-12-8-7-10-16(24)20-22-15-9-5-6-11-17(15)27-20/h5-6,9,11,16H,3-4,7-8,10,12-14H2,1-2H3,(H,21,25)/t16-/m1/s1. The van der Waals surface area contributed by atoms with E-state index in [1.807, 2.05) is 32.0 Å². The lowest BCUT2D eigenvalue weighted by atomic mass is 10.0. The van der Waals surface area contributed by atoms with Gasteiger partial charge in [-0.15, -0.1) is 11.3 Å². The zero-order valence-corrected chi connectivity index (χ0v) is 16.9. The van der Waals surface area contributed by atoms with Crippen LogP contribution in [0, 0.1) is 0 Å². The molecule has 1 saturated heterocycles. The third-order valence-electron chi connectivity index (χ3n) is 4.99. The lowest BCUT2D eigenvalue weighted by Gasteiger charge is -2.35. The van der Waals surface area contributed by atoms with Crippen LogP contribution in [0.1, 0.15) is 44.2 Å². The summed E-state index contributed by atoms with van der Waals surface area (Å²) in [6.45, 7) is 6.28. The van der Waals surface area contributed by atoms with Crippen molar-refractivity contribution in [3.05, 3.63) is 29.3 Å². The molecule has 0 saturated carbocycles. The Bertz CT molecular complexity index is 758. The van der Waals surface area contributed by atoms with Gasteiger partial charge < -0.3 is 10.2 Å². The first-order valence-electron chi connectivity index (χ1n) is 9.76. The van der Waals surface area contributed by atoms with Gasteiger partial charge in [0.15, 0.2) is 0 Å². The molecule has 1 aromatic heterocycles. The van der Waals surface area contributed by atoms with Crippen molar-refractivity contribution in [1.82, 2.24) is 20.1 Å². The summed E-state index contributed by atoms with van der Waals surface area (Å²) in [5.74, 6) is -0.0918. The minimum absolute atomic E-state index is 0.0109. The Labute approximate surface area is 164 Å². The van der Waals surface area contributed by atoms with Crippen LogP contribution in [0.4, 0.5) is 0 Å². The minimum Gasteiger partial charge on any atom is -0.355 e. The van der Waals surface area contributed by atoms with Crippen LogP contribution in [0.2, 0.25) is 0 Å². The smallest absolute Gasteiger partial charge is 0.239 e. The molecule has 1 N–H and O–H groups in total. The number of carbonyl (C=O) groups is 2. The highest BCUT2D eigenvalue weighted by molar-refractivity contribution is 7.18. The highest BCUT2D eigenvalue weighted by Crippen LogP contribution is 2.35. The summed E-state index contributed by atoms with van der Waals surface area (Å²) < 4.78 is 1.19. The molecule has 0 spiro atoms. The van der Waals surface area contributed by atoms with Crippen LogP contribution in [0.3, 0.4) is 0 Å². The van der Waals surface area contributed by atoms with Crippen molar-refractivity contribution in [2.24, 2.45) is 0 Å². The fourth-order valence-corrected chi connectivity index (χ4v) is 4.71. The SMILES string of the molecule is CCNC(=O)CN(CC)C(=O)CN1CCCC[C@@H]1c1nc2ccccc2s1. The molecule has 2 amide bonds. The molecule has 1 aromatic carbocycles. The average Bonchev–Trinajstić information content (AvgIpc) is 3.10. The molecule has 1 fully saturated rings. The Morgan fingerprint density at radius 1 is 1.30 bits per heavy atom. The van der Waals surface area contributed by atoms with Gasteiger partial charge in [0.2, 0.25) is 11.8 Å². The maximum atomic E-state index is 12.8. The molecule has 27 heavy (non-hydrogen) atoms. The molecule has 146 valence electrons. The number of para-hydroxylation sites is 1. The van der Waals surface area contributed by atoms with E-state index in [4.69, 9.17) is 4.98 Å². The average molecular weight is 389 g/mol. The number of hydrogen-bond donors (Lipinski definition) is 1. The summed E-state index contributed by atoms with van der Waals surface area (Å²) in [6, 6.07) is 8.36. The molecule has 0 unspecified atom stereocenters. The summed E-state index contributed by atoms with van der Waals surface area (Å²) in [4.78, 5) is 33.4. The molecule has 0 radical (unpaired) electrons. The van der Waals surface area contributed by atoms with Crippen LogP contribution in [-0.2, 0) is 9.59 Å². The Hall–Kier alpha value is -1.99. The lowest BCUT2D eigenvalue weighted by molar-refractivity contribution is -0.137. The molecule has 1 aliphatic heterocycles. The normalized spacial score (nSPS) is 17.8. The molecule has 3 rings (SSSR count). The van der Waals surface area contributed by atoms with Crippen molar-refractivity contribution in [3.8, 4) is 0 Å². The molecular weight excluding hydrogens is 360 g/mol. The van der Waals surface area contributed by atoms with Gasteiger partial charge in [0, 0.05) is 13.1 Å². The highest BCUT2D eigenvalue weighted by Gasteiger charge is 2.29. The quantitative estimate of drug-likeness (QED) is 0.792. The molecule has 0 bridgehead atoms. The second-order valence-corrected chi connectivity index (χ2v) is 7.93. The molecule has 1 atom stereocenters. The van der Waals surface area contributed by atoms with Gasteiger partial charge in [0.1, 0.15) is 5.01 Å². The first kappa shape index (κ1) is 19.8. The summed E-state index contributed by atoms with van der Waals surface area (Å²) in [5, 5.41) is 3.86. The van der Waals surface area contributed by atoms with Crippen LogP contribution in [0.25, 0.3) is 10.2 Å². The first-order chi connectivity index (χ1) is 13.1. The van der Waals surface area contributed by atoms with Gasteiger partial charge in [0.25, 0.3) is 0 Å². The Morgan fingerprint density at radius 2 is 2.11 bits per heavy atom. The van der Waals surface area contributed by atoms with Crippen molar-refractivity contribution in [1.29, 1.82) is 0 Å². The van der Waals surface area contributed by atoms with Crippen molar-refractivity contribution in [2.75, 3.05) is 32.7 Å². The van der Waals surface area contributed by atoms with E-state index in [0.29, 0.717) is 19.6 Å². The number of amides is 2. The van der Waals surface area contributed by atoms with Crippen LogP contribution >= 0.6 is 11.3 Å². The van der Waals surface area contributed by atoms with Gasteiger partial charge in [-0.05, 0) is 45.4 Å². The summed E-state index contributed by atoms with van der Waals surface area (Å²) >= 11 is 1.72. The molecule has 7 heteroatoms. The topological polar surface area (TPSA) is 65.5 Å². The predicted molar refractivity (Wildman–Crippen MR) is 109 cm³/mol. The third kappa shape index (κ3) is 4.84. The second-order valence-electron chi connectivity index (χ2n) is 6.86. The van der Waals surface area contributed by atoms with Gasteiger partial charge in [-0.2, -0.15) is 0 Å². The number of fused-ring (bicyclic) bond motifs is 1. The molecule has 1 aliphatic rings. The fourth-order valence-electron chi connectivity index (χ4n) is 3.57. The highest BCUT2D eigenvalue weighted by atomic mass is 32.1. The van der Waals surface area contributed by atoms with Crippen molar-refractivity contribution < 1.29 is 9.59 Å². The Kier molecular flexibility index (Phi) is 6.79. The van der Waals surface area contributed by atoms with E-state index in [1.165, 1.54) is 4.70 Å². The lowest BCUT2D eigenvalue weighted by Crippen LogP contribution is -2.46. The fraction of sp³-hybridized carbons (Fsp3) is 0.550. The number of likely N-dealkylation sites (N-methyl/N-ethyl adjacent to an activating group) is 2. The number of carbonyl (C=O) groups excluding carboxylic acids is 2. The monoisotopic (exact) mass is 388 g/mol. The number of nitrogens with one attached hydrogen (secondary N) is 1. The number of nitrogens with zero attached hydrogens (tertiary/aromatic N) is 3. The van der Waals surface area contributed by atoms with E-state index in [1.54, 1.807) is 16.2 Å². The van der Waals surface area contributed by atoms with Crippen molar-refractivity contribution >= 4 is 33.4 Å². The molecule has 6 nitrogen and oxygen atoms in total. The van der Waals surface area contributed by atoms with Gasteiger partial charge in [-0.3, -0.25) is 14.5 Å². The number of likely N-dealkylation sites (tertiary alicyclic amines) is 1. The second kappa shape index (κ2) is 9.28. The Balaban J connectivity index is 1.71. The zero-order chi connectivity index (χ0) is 19.2. The summed E-state index contributed by atoms with van der Waals surface area (Å²) in [6.07, 6.45) is 3.27. The zero-order valence-electron chi connectivity index (χ0n) is 16.1. The van der Waals surface area contributed by atoms with Crippen LogP contribution in [0.15, 0.2) is 24.3 Å². The first-order valence-corrected chi connectivity index (χ1v) is 10.6. The summed E-state index contributed by atoms with van der Waals surface area (Å²) in [7, 11) is 0. The number of thiazole rings is 1.